The van der Waals surface area contributed by atoms with E-state index in [1.54, 1.807) is 6.92 Å². The molecular weight excluding hydrogens is 222 g/mol. The number of ether oxygens (including phenoxy) is 1. The van der Waals surface area contributed by atoms with E-state index < -0.39 is 6.09 Å². The van der Waals surface area contributed by atoms with Crippen LogP contribution in [0.25, 0.3) is 0 Å². The number of hydrogen-bond donors (Lipinski definition) is 2. The highest BCUT2D eigenvalue weighted by Gasteiger charge is 2.20. The van der Waals surface area contributed by atoms with Crippen molar-refractivity contribution in [3.8, 4) is 0 Å². The van der Waals surface area contributed by atoms with Crippen LogP contribution >= 0.6 is 0 Å². The molecule has 0 saturated carbocycles. The van der Waals surface area contributed by atoms with E-state index in [0.717, 1.165) is 25.9 Å². The lowest BCUT2D eigenvalue weighted by atomic mass is 9.97. The molecule has 0 bridgehead atoms. The molecule has 0 unspecified atom stereocenters. The van der Waals surface area contributed by atoms with Crippen LogP contribution in [0.15, 0.2) is 0 Å². The van der Waals surface area contributed by atoms with Gasteiger partial charge in [-0.15, -0.1) is 0 Å². The molecule has 0 aromatic rings. The number of nitrogens with two attached hydrogens (primary N) is 1. The number of carbonyl (C=O) groups is 2. The van der Waals surface area contributed by atoms with Gasteiger partial charge in [0.1, 0.15) is 0 Å². The van der Waals surface area contributed by atoms with Gasteiger partial charge in [0.05, 0.1) is 13.2 Å². The Bertz CT molecular complexity index is 263. The summed E-state index contributed by atoms with van der Waals surface area (Å²) in [5, 5.41) is 2.19. The highest BCUT2D eigenvalue weighted by molar-refractivity contribution is 5.92. The number of likely N-dealkylation sites (tertiary alicyclic amines) is 1. The highest BCUT2D eigenvalue weighted by atomic mass is 16.5. The minimum absolute atomic E-state index is 0.246. The zero-order valence-electron chi connectivity index (χ0n) is 10.3. The summed E-state index contributed by atoms with van der Waals surface area (Å²) in [5.41, 5.74) is 5.59. The summed E-state index contributed by atoms with van der Waals surface area (Å²) in [5.74, 6) is 0.258. The molecule has 0 radical (unpaired) electrons. The second kappa shape index (κ2) is 7.24. The molecule has 1 heterocycles. The van der Waals surface area contributed by atoms with Crippen LogP contribution in [0.2, 0.25) is 0 Å². The molecule has 0 atom stereocenters. The number of alkyl carbamates (subject to hydrolysis) is 1. The summed E-state index contributed by atoms with van der Waals surface area (Å²) < 4.78 is 4.63. The zero-order chi connectivity index (χ0) is 12.7. The second-order valence-corrected chi connectivity index (χ2v) is 4.22. The van der Waals surface area contributed by atoms with Gasteiger partial charge >= 0.3 is 6.09 Å². The maximum Gasteiger partial charge on any atom is 0.413 e. The SMILES string of the molecule is CCOC(=O)NC(=O)CN1CCC(CN)CC1. The minimum atomic E-state index is -0.672. The van der Waals surface area contributed by atoms with E-state index in [4.69, 9.17) is 5.73 Å². The van der Waals surface area contributed by atoms with Gasteiger partial charge in [-0.05, 0) is 45.3 Å². The standard InChI is InChI=1S/C11H21N3O3/c1-2-17-11(16)13-10(15)8-14-5-3-9(7-12)4-6-14/h9H,2-8,12H2,1H3,(H,13,15,16). The van der Waals surface area contributed by atoms with Crippen LogP contribution in [0.4, 0.5) is 4.79 Å². The maximum atomic E-state index is 11.5. The zero-order valence-corrected chi connectivity index (χ0v) is 10.3. The first-order valence-electron chi connectivity index (χ1n) is 6.04. The number of imide groups is 1. The van der Waals surface area contributed by atoms with Crippen LogP contribution in [-0.2, 0) is 9.53 Å². The fourth-order valence-corrected chi connectivity index (χ4v) is 1.90. The molecular formula is C11H21N3O3. The van der Waals surface area contributed by atoms with Gasteiger partial charge in [-0.25, -0.2) is 4.79 Å². The lowest BCUT2D eigenvalue weighted by Crippen LogP contribution is -2.44. The van der Waals surface area contributed by atoms with E-state index in [1.807, 2.05) is 4.90 Å². The molecule has 17 heavy (non-hydrogen) atoms. The summed E-state index contributed by atoms with van der Waals surface area (Å²) >= 11 is 0. The molecule has 0 aromatic heterocycles. The molecule has 6 heteroatoms. The topological polar surface area (TPSA) is 84.7 Å². The third kappa shape index (κ3) is 5.14. The van der Waals surface area contributed by atoms with E-state index in [2.05, 4.69) is 10.1 Å². The molecule has 1 aliphatic rings. The number of carbonyl (C=O) groups excluding carboxylic acids is 2. The van der Waals surface area contributed by atoms with Gasteiger partial charge in [0.25, 0.3) is 0 Å². The molecule has 0 aliphatic carbocycles. The van der Waals surface area contributed by atoms with Crippen molar-refractivity contribution in [1.29, 1.82) is 0 Å². The average Bonchev–Trinajstić information content (AvgIpc) is 2.30. The molecule has 3 N–H and O–H groups in total. The number of amides is 2. The summed E-state index contributed by atoms with van der Waals surface area (Å²) in [4.78, 5) is 24.5. The van der Waals surface area contributed by atoms with E-state index in [-0.39, 0.29) is 19.1 Å². The number of nitrogens with one attached hydrogen (secondary N) is 1. The van der Waals surface area contributed by atoms with Crippen molar-refractivity contribution < 1.29 is 14.3 Å². The van der Waals surface area contributed by atoms with Gasteiger partial charge < -0.3 is 10.5 Å². The average molecular weight is 243 g/mol. The Morgan fingerprint density at radius 1 is 1.41 bits per heavy atom. The van der Waals surface area contributed by atoms with Gasteiger partial charge in [0.2, 0.25) is 5.91 Å². The summed E-state index contributed by atoms with van der Waals surface area (Å²) in [7, 11) is 0. The van der Waals surface area contributed by atoms with Crippen molar-refractivity contribution >= 4 is 12.0 Å². The van der Waals surface area contributed by atoms with Gasteiger partial charge in [-0.1, -0.05) is 0 Å². The first-order chi connectivity index (χ1) is 8.15. The summed E-state index contributed by atoms with van der Waals surface area (Å²) in [6, 6.07) is 0. The van der Waals surface area contributed by atoms with Crippen LogP contribution in [-0.4, -0.2) is 49.7 Å². The predicted molar refractivity (Wildman–Crippen MR) is 63.4 cm³/mol. The van der Waals surface area contributed by atoms with Crippen LogP contribution < -0.4 is 11.1 Å². The van der Waals surface area contributed by atoms with Crippen molar-refractivity contribution in [2.75, 3.05) is 32.8 Å². The Labute approximate surface area is 101 Å². The van der Waals surface area contributed by atoms with Gasteiger partial charge in [-0.2, -0.15) is 0 Å². The van der Waals surface area contributed by atoms with Crippen molar-refractivity contribution in [2.45, 2.75) is 19.8 Å². The molecule has 1 fully saturated rings. The summed E-state index contributed by atoms with van der Waals surface area (Å²) in [6.07, 6.45) is 1.36. The van der Waals surface area contributed by atoms with Crippen molar-refractivity contribution in [2.24, 2.45) is 11.7 Å². The lowest BCUT2D eigenvalue weighted by molar-refractivity contribution is -0.121. The second-order valence-electron chi connectivity index (χ2n) is 4.22. The smallest absolute Gasteiger partial charge is 0.413 e. The molecule has 0 spiro atoms. The predicted octanol–water partition coefficient (Wildman–Crippen LogP) is -0.0702. The van der Waals surface area contributed by atoms with Crippen LogP contribution in [0.3, 0.4) is 0 Å². The molecule has 6 nitrogen and oxygen atoms in total. The molecule has 98 valence electrons. The first-order valence-corrected chi connectivity index (χ1v) is 6.04. The Balaban J connectivity index is 2.21. The van der Waals surface area contributed by atoms with Crippen molar-refractivity contribution in [3.05, 3.63) is 0 Å². The Hall–Kier alpha value is -1.14. The largest absolute Gasteiger partial charge is 0.450 e. The van der Waals surface area contributed by atoms with Crippen LogP contribution in [0.1, 0.15) is 19.8 Å². The van der Waals surface area contributed by atoms with Gasteiger partial charge in [0.15, 0.2) is 0 Å². The minimum Gasteiger partial charge on any atom is -0.450 e. The quantitative estimate of drug-likeness (QED) is 0.722. The Morgan fingerprint density at radius 3 is 2.59 bits per heavy atom. The molecule has 0 aromatic carbocycles. The number of piperidine rings is 1. The molecule has 1 saturated heterocycles. The van der Waals surface area contributed by atoms with Crippen LogP contribution in [0.5, 0.6) is 0 Å². The van der Waals surface area contributed by atoms with E-state index in [1.165, 1.54) is 0 Å². The number of nitrogens with zero attached hydrogens (tertiary/aromatic N) is 1. The van der Waals surface area contributed by atoms with E-state index in [0.29, 0.717) is 12.5 Å². The normalized spacial score (nSPS) is 17.8. The number of hydrogen-bond acceptors (Lipinski definition) is 5. The van der Waals surface area contributed by atoms with E-state index >= 15 is 0 Å². The highest BCUT2D eigenvalue weighted by Crippen LogP contribution is 2.14. The Kier molecular flexibility index (Phi) is 5.93. The lowest BCUT2D eigenvalue weighted by Gasteiger charge is -2.30. The van der Waals surface area contributed by atoms with E-state index in [9.17, 15) is 9.59 Å². The van der Waals surface area contributed by atoms with Gasteiger partial charge in [0, 0.05) is 0 Å². The molecule has 2 amide bonds. The van der Waals surface area contributed by atoms with Crippen molar-refractivity contribution in [1.82, 2.24) is 10.2 Å². The van der Waals surface area contributed by atoms with Gasteiger partial charge in [-0.3, -0.25) is 15.0 Å². The first kappa shape index (κ1) is 13.9. The third-order valence-corrected chi connectivity index (χ3v) is 2.92. The fourth-order valence-electron chi connectivity index (χ4n) is 1.90. The monoisotopic (exact) mass is 243 g/mol. The maximum absolute atomic E-state index is 11.5. The fraction of sp³-hybridized carbons (Fsp3) is 0.818. The van der Waals surface area contributed by atoms with Crippen molar-refractivity contribution in [3.63, 3.8) is 0 Å². The molecule has 1 aliphatic heterocycles. The summed E-state index contributed by atoms with van der Waals surface area (Å²) in [6.45, 7) is 4.64. The number of rotatable bonds is 4. The van der Waals surface area contributed by atoms with Crippen LogP contribution in [0, 0.1) is 5.92 Å². The Morgan fingerprint density at radius 2 is 2.06 bits per heavy atom. The molecule has 1 rings (SSSR count). The third-order valence-electron chi connectivity index (χ3n) is 2.92.